The Labute approximate surface area is 114 Å². The average Bonchev–Trinajstić information content (AvgIpc) is 2.79. The summed E-state index contributed by atoms with van der Waals surface area (Å²) in [6.45, 7) is 0. The molecular formula is C12H9ClN4O2. The zero-order valence-corrected chi connectivity index (χ0v) is 10.7. The lowest BCUT2D eigenvalue weighted by atomic mass is 10.2. The van der Waals surface area contributed by atoms with Gasteiger partial charge in [-0.05, 0) is 18.2 Å². The number of nitrogens with zero attached hydrogens (tertiary/aromatic N) is 3. The molecule has 0 saturated heterocycles. The third-order valence-electron chi connectivity index (χ3n) is 2.52. The fourth-order valence-electron chi connectivity index (χ4n) is 1.56. The number of halogens is 1. The van der Waals surface area contributed by atoms with Gasteiger partial charge < -0.3 is 10.5 Å². The number of nitrogen functional groups attached to an aromatic ring is 1. The topological polar surface area (TPSA) is 93.9 Å². The van der Waals surface area contributed by atoms with Crippen LogP contribution in [-0.4, -0.2) is 22.9 Å². The molecule has 0 amide bonds. The average molecular weight is 277 g/mol. The second kappa shape index (κ2) is 5.00. The van der Waals surface area contributed by atoms with E-state index < -0.39 is 5.97 Å². The standard InChI is InChI=1S/C12H9ClN4O2/c1-19-12(18)7-2-3-9(13)10(4-7)17-11(15)8(5-14)6-16-17/h2-4,6H,15H2,1H3. The second-order valence-electron chi connectivity index (χ2n) is 3.62. The van der Waals surface area contributed by atoms with Crippen molar-refractivity contribution in [3.05, 3.63) is 40.5 Å². The molecule has 96 valence electrons. The lowest BCUT2D eigenvalue weighted by molar-refractivity contribution is 0.0600. The molecule has 0 spiro atoms. The molecule has 0 unspecified atom stereocenters. The number of carbonyl (C=O) groups excluding carboxylic acids is 1. The van der Waals surface area contributed by atoms with E-state index in [1.165, 1.54) is 36.2 Å². The van der Waals surface area contributed by atoms with Gasteiger partial charge >= 0.3 is 5.97 Å². The van der Waals surface area contributed by atoms with Gasteiger partial charge in [0.05, 0.1) is 29.6 Å². The Morgan fingerprint density at radius 3 is 2.89 bits per heavy atom. The maximum Gasteiger partial charge on any atom is 0.337 e. The number of esters is 1. The molecule has 0 aliphatic rings. The van der Waals surface area contributed by atoms with Crippen LogP contribution in [0.4, 0.5) is 5.82 Å². The van der Waals surface area contributed by atoms with E-state index in [4.69, 9.17) is 22.6 Å². The molecule has 7 heteroatoms. The molecule has 0 aliphatic heterocycles. The van der Waals surface area contributed by atoms with Gasteiger partial charge in [-0.3, -0.25) is 0 Å². The molecule has 0 atom stereocenters. The van der Waals surface area contributed by atoms with Crippen LogP contribution in [0.15, 0.2) is 24.4 Å². The Hall–Kier alpha value is -2.52. The Kier molecular flexibility index (Phi) is 3.40. The number of hydrogen-bond acceptors (Lipinski definition) is 5. The minimum atomic E-state index is -0.496. The van der Waals surface area contributed by atoms with Crippen molar-refractivity contribution in [1.29, 1.82) is 5.26 Å². The second-order valence-corrected chi connectivity index (χ2v) is 4.03. The third-order valence-corrected chi connectivity index (χ3v) is 2.84. The van der Waals surface area contributed by atoms with E-state index in [1.807, 2.05) is 6.07 Å². The first kappa shape index (κ1) is 12.9. The number of benzene rings is 1. The van der Waals surface area contributed by atoms with Gasteiger partial charge in [0.25, 0.3) is 0 Å². The molecule has 2 aromatic rings. The van der Waals surface area contributed by atoms with E-state index in [0.29, 0.717) is 16.3 Å². The number of rotatable bonds is 2. The monoisotopic (exact) mass is 276 g/mol. The highest BCUT2D eigenvalue weighted by Gasteiger charge is 2.14. The van der Waals surface area contributed by atoms with Gasteiger partial charge in [0.15, 0.2) is 0 Å². The smallest absolute Gasteiger partial charge is 0.337 e. The number of anilines is 1. The minimum absolute atomic E-state index is 0.159. The lowest BCUT2D eigenvalue weighted by Crippen LogP contribution is -2.06. The minimum Gasteiger partial charge on any atom is -0.465 e. The number of hydrogen-bond donors (Lipinski definition) is 1. The first-order valence-electron chi connectivity index (χ1n) is 5.20. The SMILES string of the molecule is COC(=O)c1ccc(Cl)c(-n2ncc(C#N)c2N)c1. The molecule has 6 nitrogen and oxygen atoms in total. The summed E-state index contributed by atoms with van der Waals surface area (Å²) in [7, 11) is 1.28. The van der Waals surface area contributed by atoms with Crippen molar-refractivity contribution in [2.45, 2.75) is 0 Å². The van der Waals surface area contributed by atoms with Gasteiger partial charge in [0, 0.05) is 0 Å². The van der Waals surface area contributed by atoms with Crippen molar-refractivity contribution in [2.75, 3.05) is 12.8 Å². The summed E-state index contributed by atoms with van der Waals surface area (Å²) < 4.78 is 5.93. The number of ether oxygens (including phenoxy) is 1. The van der Waals surface area contributed by atoms with Crippen molar-refractivity contribution in [1.82, 2.24) is 9.78 Å². The van der Waals surface area contributed by atoms with Gasteiger partial charge in [0.1, 0.15) is 17.5 Å². The van der Waals surface area contributed by atoms with Crippen LogP contribution < -0.4 is 5.73 Å². The van der Waals surface area contributed by atoms with Crippen LogP contribution >= 0.6 is 11.6 Å². The van der Waals surface area contributed by atoms with Gasteiger partial charge in [-0.15, -0.1) is 0 Å². The summed E-state index contributed by atoms with van der Waals surface area (Å²) in [6.07, 6.45) is 1.33. The van der Waals surface area contributed by atoms with Crippen LogP contribution in [0.2, 0.25) is 5.02 Å². The summed E-state index contributed by atoms with van der Waals surface area (Å²) in [5.74, 6) is -0.337. The largest absolute Gasteiger partial charge is 0.465 e. The Bertz CT molecular complexity index is 688. The molecule has 1 aromatic heterocycles. The van der Waals surface area contributed by atoms with E-state index in [2.05, 4.69) is 9.84 Å². The number of carbonyl (C=O) groups is 1. The first-order chi connectivity index (χ1) is 9.08. The maximum atomic E-state index is 11.5. The van der Waals surface area contributed by atoms with Gasteiger partial charge in [-0.2, -0.15) is 10.4 Å². The van der Waals surface area contributed by atoms with Crippen LogP contribution in [0.1, 0.15) is 15.9 Å². The predicted molar refractivity (Wildman–Crippen MR) is 69.0 cm³/mol. The molecule has 0 saturated carbocycles. The summed E-state index contributed by atoms with van der Waals surface area (Å²) in [5, 5.41) is 13.2. The molecule has 1 heterocycles. The molecule has 0 radical (unpaired) electrons. The van der Waals surface area contributed by atoms with Crippen molar-refractivity contribution in [3.8, 4) is 11.8 Å². The summed E-state index contributed by atoms with van der Waals surface area (Å²) in [6, 6.07) is 6.48. The van der Waals surface area contributed by atoms with Crippen molar-refractivity contribution < 1.29 is 9.53 Å². The highest BCUT2D eigenvalue weighted by atomic mass is 35.5. The molecule has 0 aliphatic carbocycles. The van der Waals surface area contributed by atoms with Crippen LogP contribution in [0.3, 0.4) is 0 Å². The van der Waals surface area contributed by atoms with Crippen LogP contribution in [-0.2, 0) is 4.74 Å². The Morgan fingerprint density at radius 2 is 2.32 bits per heavy atom. The highest BCUT2D eigenvalue weighted by Crippen LogP contribution is 2.25. The predicted octanol–water partition coefficient (Wildman–Crippen LogP) is 1.77. The number of nitriles is 1. The molecule has 2 N–H and O–H groups in total. The zero-order chi connectivity index (χ0) is 14.0. The van der Waals surface area contributed by atoms with Crippen molar-refractivity contribution >= 4 is 23.4 Å². The number of nitrogens with two attached hydrogens (primary N) is 1. The normalized spacial score (nSPS) is 9.95. The van der Waals surface area contributed by atoms with Crippen LogP contribution in [0, 0.1) is 11.3 Å². The molecule has 1 aromatic carbocycles. The molecule has 0 bridgehead atoms. The third kappa shape index (κ3) is 2.23. The first-order valence-corrected chi connectivity index (χ1v) is 5.58. The number of methoxy groups -OCH3 is 1. The van der Waals surface area contributed by atoms with Crippen LogP contribution in [0.25, 0.3) is 5.69 Å². The molecule has 2 rings (SSSR count). The van der Waals surface area contributed by atoms with Gasteiger partial charge in [-0.1, -0.05) is 11.6 Å². The van der Waals surface area contributed by atoms with E-state index in [9.17, 15) is 4.79 Å². The van der Waals surface area contributed by atoms with Gasteiger partial charge in [-0.25, -0.2) is 9.48 Å². The number of aromatic nitrogens is 2. The summed E-state index contributed by atoms with van der Waals surface area (Å²) in [4.78, 5) is 11.5. The van der Waals surface area contributed by atoms with Gasteiger partial charge in [0.2, 0.25) is 0 Å². The molecule has 0 fully saturated rings. The quantitative estimate of drug-likeness (QED) is 0.844. The van der Waals surface area contributed by atoms with Crippen LogP contribution in [0.5, 0.6) is 0 Å². The van der Waals surface area contributed by atoms with E-state index in [0.717, 1.165) is 0 Å². The fraction of sp³-hybridized carbons (Fsp3) is 0.0833. The lowest BCUT2D eigenvalue weighted by Gasteiger charge is -2.08. The Balaban J connectivity index is 2.58. The zero-order valence-electron chi connectivity index (χ0n) is 9.92. The summed E-state index contributed by atoms with van der Waals surface area (Å²) in [5.41, 5.74) is 6.73. The molecule has 19 heavy (non-hydrogen) atoms. The summed E-state index contributed by atoms with van der Waals surface area (Å²) >= 11 is 6.05. The Morgan fingerprint density at radius 1 is 1.58 bits per heavy atom. The highest BCUT2D eigenvalue weighted by molar-refractivity contribution is 6.32. The van der Waals surface area contributed by atoms with E-state index in [1.54, 1.807) is 0 Å². The van der Waals surface area contributed by atoms with E-state index in [-0.39, 0.29) is 11.4 Å². The van der Waals surface area contributed by atoms with Crippen molar-refractivity contribution in [2.24, 2.45) is 0 Å². The molecular weight excluding hydrogens is 268 g/mol. The van der Waals surface area contributed by atoms with E-state index >= 15 is 0 Å². The van der Waals surface area contributed by atoms with Crippen molar-refractivity contribution in [3.63, 3.8) is 0 Å². The maximum absolute atomic E-state index is 11.5. The fourth-order valence-corrected chi connectivity index (χ4v) is 1.75.